The highest BCUT2D eigenvalue weighted by atomic mass is 32.2. The molecule has 0 bridgehead atoms. The van der Waals surface area contributed by atoms with E-state index in [4.69, 9.17) is 9.47 Å². The van der Waals surface area contributed by atoms with Gasteiger partial charge in [0.05, 0.1) is 29.4 Å². The van der Waals surface area contributed by atoms with Gasteiger partial charge in [0, 0.05) is 12.0 Å². The molecular formula is C14H16O6S. The van der Waals surface area contributed by atoms with Crippen LogP contribution in [0.1, 0.15) is 33.5 Å². The first kappa shape index (κ1) is 14.5. The molecule has 0 aromatic heterocycles. The molecular weight excluding hydrogens is 296 g/mol. The number of benzene rings is 1. The molecule has 0 radical (unpaired) electrons. The largest absolute Gasteiger partial charge is 0.478 e. The molecule has 3 rings (SSSR count). The molecule has 2 aliphatic rings. The van der Waals surface area contributed by atoms with Gasteiger partial charge >= 0.3 is 5.97 Å². The molecule has 0 saturated carbocycles. The average Bonchev–Trinajstić information content (AvgIpc) is 2.86. The van der Waals surface area contributed by atoms with Gasteiger partial charge in [-0.15, -0.1) is 0 Å². The Bertz CT molecular complexity index is 728. The van der Waals surface area contributed by atoms with Gasteiger partial charge in [0.1, 0.15) is 0 Å². The Balaban J connectivity index is 2.40. The SMILES string of the molecule is Cc1cc(C(=O)O)c(C)c2c1S(=O)(=O)CCC21OCCO1. The lowest BCUT2D eigenvalue weighted by Gasteiger charge is -2.36. The van der Waals surface area contributed by atoms with E-state index in [0.717, 1.165) is 0 Å². The van der Waals surface area contributed by atoms with Crippen LogP contribution in [0.15, 0.2) is 11.0 Å². The number of fused-ring (bicyclic) bond motifs is 2. The van der Waals surface area contributed by atoms with Gasteiger partial charge in [-0.3, -0.25) is 0 Å². The average molecular weight is 312 g/mol. The molecule has 6 nitrogen and oxygen atoms in total. The molecule has 1 N–H and O–H groups in total. The molecule has 0 unspecified atom stereocenters. The molecule has 1 saturated heterocycles. The second kappa shape index (κ2) is 4.53. The smallest absolute Gasteiger partial charge is 0.335 e. The van der Waals surface area contributed by atoms with E-state index in [0.29, 0.717) is 29.9 Å². The topological polar surface area (TPSA) is 89.9 Å². The third-order valence-electron chi connectivity index (χ3n) is 4.10. The van der Waals surface area contributed by atoms with Crippen LogP contribution in [0, 0.1) is 13.8 Å². The van der Waals surface area contributed by atoms with Gasteiger partial charge in [-0.2, -0.15) is 0 Å². The molecule has 1 fully saturated rings. The van der Waals surface area contributed by atoms with Crippen LogP contribution in [0.2, 0.25) is 0 Å². The number of sulfone groups is 1. The van der Waals surface area contributed by atoms with Crippen LogP contribution in [-0.4, -0.2) is 38.5 Å². The Hall–Kier alpha value is -1.44. The molecule has 0 atom stereocenters. The summed E-state index contributed by atoms with van der Waals surface area (Å²) in [6.07, 6.45) is 0.186. The number of carboxylic acid groups (broad SMARTS) is 1. The first-order chi connectivity index (χ1) is 9.78. The van der Waals surface area contributed by atoms with Crippen molar-refractivity contribution in [3.05, 3.63) is 28.3 Å². The maximum Gasteiger partial charge on any atom is 0.335 e. The minimum atomic E-state index is -3.45. The van der Waals surface area contributed by atoms with Gasteiger partial charge in [-0.25, -0.2) is 13.2 Å². The first-order valence-electron chi connectivity index (χ1n) is 6.67. The molecule has 2 heterocycles. The van der Waals surface area contributed by atoms with Crippen molar-refractivity contribution in [3.63, 3.8) is 0 Å². The van der Waals surface area contributed by atoms with Gasteiger partial charge in [0.2, 0.25) is 0 Å². The number of carboxylic acids is 1. The Labute approximate surface area is 122 Å². The van der Waals surface area contributed by atoms with Gasteiger partial charge < -0.3 is 14.6 Å². The molecule has 114 valence electrons. The lowest BCUT2D eigenvalue weighted by molar-refractivity contribution is -0.170. The standard InChI is InChI=1S/C14H16O6S/c1-8-7-10(13(15)16)9(2)11-12(8)21(17,18)6-3-14(11)19-4-5-20-14/h7H,3-6H2,1-2H3,(H,15,16). The molecule has 0 aliphatic carbocycles. The highest BCUT2D eigenvalue weighted by Gasteiger charge is 2.49. The maximum atomic E-state index is 12.4. The Morgan fingerprint density at radius 1 is 1.29 bits per heavy atom. The Kier molecular flexibility index (Phi) is 3.12. The molecule has 1 spiro atoms. The fourth-order valence-electron chi connectivity index (χ4n) is 3.21. The number of aryl methyl sites for hydroxylation is 1. The summed E-state index contributed by atoms with van der Waals surface area (Å²) in [5, 5.41) is 9.32. The van der Waals surface area contributed by atoms with Crippen LogP contribution >= 0.6 is 0 Å². The fourth-order valence-corrected chi connectivity index (χ4v) is 5.12. The zero-order valence-corrected chi connectivity index (χ0v) is 12.6. The Morgan fingerprint density at radius 2 is 1.90 bits per heavy atom. The lowest BCUT2D eigenvalue weighted by Crippen LogP contribution is -2.38. The van der Waals surface area contributed by atoms with Gasteiger partial charge in [0.15, 0.2) is 15.6 Å². The van der Waals surface area contributed by atoms with Crippen molar-refractivity contribution >= 4 is 15.8 Å². The summed E-state index contributed by atoms with van der Waals surface area (Å²) in [5.41, 5.74) is 1.27. The normalized spacial score (nSPS) is 22.2. The van der Waals surface area contributed by atoms with E-state index in [9.17, 15) is 18.3 Å². The van der Waals surface area contributed by atoms with Crippen LogP contribution in [-0.2, 0) is 25.1 Å². The number of ether oxygens (including phenoxy) is 2. The van der Waals surface area contributed by atoms with Gasteiger partial charge in [-0.05, 0) is 31.0 Å². The second-order valence-corrected chi connectivity index (χ2v) is 7.44. The maximum absolute atomic E-state index is 12.4. The lowest BCUT2D eigenvalue weighted by atomic mass is 9.91. The summed E-state index contributed by atoms with van der Waals surface area (Å²) in [4.78, 5) is 11.6. The molecule has 7 heteroatoms. The van der Waals surface area contributed by atoms with Gasteiger partial charge in [0.25, 0.3) is 0 Å². The van der Waals surface area contributed by atoms with Crippen LogP contribution in [0.25, 0.3) is 0 Å². The van der Waals surface area contributed by atoms with E-state index in [-0.39, 0.29) is 22.6 Å². The number of carbonyl (C=O) groups is 1. The highest BCUT2D eigenvalue weighted by molar-refractivity contribution is 7.91. The van der Waals surface area contributed by atoms with E-state index in [1.54, 1.807) is 13.8 Å². The summed E-state index contributed by atoms with van der Waals surface area (Å²) < 4.78 is 36.2. The fraction of sp³-hybridized carbons (Fsp3) is 0.500. The van der Waals surface area contributed by atoms with Crippen molar-refractivity contribution in [3.8, 4) is 0 Å². The minimum absolute atomic E-state index is 0.0628. The number of hydrogen-bond acceptors (Lipinski definition) is 5. The molecule has 1 aromatic rings. The summed E-state index contributed by atoms with van der Waals surface area (Å²) in [7, 11) is -3.45. The van der Waals surface area contributed by atoms with E-state index < -0.39 is 21.6 Å². The summed E-state index contributed by atoms with van der Waals surface area (Å²) in [6, 6.07) is 1.40. The zero-order valence-electron chi connectivity index (χ0n) is 11.8. The predicted octanol–water partition coefficient (Wildman–Crippen LogP) is 1.38. The van der Waals surface area contributed by atoms with Crippen LogP contribution in [0.4, 0.5) is 0 Å². The summed E-state index contributed by atoms with van der Waals surface area (Å²) >= 11 is 0. The van der Waals surface area contributed by atoms with E-state index in [1.807, 2.05) is 0 Å². The number of rotatable bonds is 1. The molecule has 0 amide bonds. The van der Waals surface area contributed by atoms with Crippen molar-refractivity contribution in [1.29, 1.82) is 0 Å². The number of hydrogen-bond donors (Lipinski definition) is 1. The molecule has 2 aliphatic heterocycles. The zero-order chi connectivity index (χ0) is 15.4. The summed E-state index contributed by atoms with van der Waals surface area (Å²) in [6.45, 7) is 3.95. The molecule has 1 aromatic carbocycles. The van der Waals surface area contributed by atoms with Crippen molar-refractivity contribution in [1.82, 2.24) is 0 Å². The number of aromatic carboxylic acids is 1. The van der Waals surface area contributed by atoms with Crippen LogP contribution in [0.5, 0.6) is 0 Å². The van der Waals surface area contributed by atoms with Crippen molar-refractivity contribution in [2.24, 2.45) is 0 Å². The van der Waals surface area contributed by atoms with Crippen molar-refractivity contribution < 1.29 is 27.8 Å². The predicted molar refractivity (Wildman–Crippen MR) is 73.1 cm³/mol. The van der Waals surface area contributed by atoms with E-state index >= 15 is 0 Å². The van der Waals surface area contributed by atoms with Crippen LogP contribution < -0.4 is 0 Å². The summed E-state index contributed by atoms with van der Waals surface area (Å²) in [5.74, 6) is -2.28. The van der Waals surface area contributed by atoms with Crippen molar-refractivity contribution in [2.45, 2.75) is 31.0 Å². The second-order valence-electron chi connectivity index (χ2n) is 5.39. The van der Waals surface area contributed by atoms with E-state index in [1.165, 1.54) is 6.07 Å². The quantitative estimate of drug-likeness (QED) is 0.842. The van der Waals surface area contributed by atoms with E-state index in [2.05, 4.69) is 0 Å². The Morgan fingerprint density at radius 3 is 2.48 bits per heavy atom. The molecule has 21 heavy (non-hydrogen) atoms. The first-order valence-corrected chi connectivity index (χ1v) is 8.32. The van der Waals surface area contributed by atoms with Crippen LogP contribution in [0.3, 0.4) is 0 Å². The van der Waals surface area contributed by atoms with Gasteiger partial charge in [-0.1, -0.05) is 0 Å². The monoisotopic (exact) mass is 312 g/mol. The third-order valence-corrected chi connectivity index (χ3v) is 5.99. The highest BCUT2D eigenvalue weighted by Crippen LogP contribution is 2.46. The van der Waals surface area contributed by atoms with Crippen molar-refractivity contribution in [2.75, 3.05) is 19.0 Å². The third kappa shape index (κ3) is 1.99. The minimum Gasteiger partial charge on any atom is -0.478 e.